The summed E-state index contributed by atoms with van der Waals surface area (Å²) in [7, 11) is 0. The predicted octanol–water partition coefficient (Wildman–Crippen LogP) is 2.16. The largest absolute Gasteiger partial charge is 0.479 e. The molecule has 2 N–H and O–H groups in total. The lowest BCUT2D eigenvalue weighted by Gasteiger charge is -2.12. The van der Waals surface area contributed by atoms with Gasteiger partial charge in [0.05, 0.1) is 5.69 Å². The van der Waals surface area contributed by atoms with Gasteiger partial charge in [-0.2, -0.15) is 0 Å². The van der Waals surface area contributed by atoms with Crippen LogP contribution in [0.5, 0.6) is 0 Å². The quantitative estimate of drug-likeness (QED) is 0.889. The van der Waals surface area contributed by atoms with E-state index >= 15 is 0 Å². The lowest BCUT2D eigenvalue weighted by Crippen LogP contribution is -2.30. The molecule has 0 aliphatic carbocycles. The highest BCUT2D eigenvalue weighted by Crippen LogP contribution is 2.25. The van der Waals surface area contributed by atoms with Crippen molar-refractivity contribution in [1.82, 2.24) is 0 Å². The number of ether oxygens (including phenoxy) is 1. The molecule has 0 radical (unpaired) electrons. The van der Waals surface area contributed by atoms with Gasteiger partial charge in [0.1, 0.15) is 11.9 Å². The molecule has 1 amide bonds. The third-order valence-electron chi connectivity index (χ3n) is 2.77. The summed E-state index contributed by atoms with van der Waals surface area (Å²) < 4.78 is 18.7. The van der Waals surface area contributed by atoms with Gasteiger partial charge in [0, 0.05) is 4.47 Å². The minimum atomic E-state index is -1.08. The minimum Gasteiger partial charge on any atom is -0.479 e. The first-order valence-corrected chi connectivity index (χ1v) is 6.41. The second-order valence-corrected chi connectivity index (χ2v) is 5.00. The maximum Gasteiger partial charge on any atom is 0.332 e. The van der Waals surface area contributed by atoms with Crippen LogP contribution in [0.3, 0.4) is 0 Å². The first-order chi connectivity index (χ1) is 8.97. The third kappa shape index (κ3) is 3.30. The molecule has 2 unspecified atom stereocenters. The number of carboxylic acids is 1. The molecular weight excluding hydrogens is 321 g/mol. The molecule has 1 aromatic carbocycles. The summed E-state index contributed by atoms with van der Waals surface area (Å²) in [4.78, 5) is 22.6. The van der Waals surface area contributed by atoms with Crippen LogP contribution < -0.4 is 5.32 Å². The molecule has 1 fully saturated rings. The van der Waals surface area contributed by atoms with Crippen molar-refractivity contribution < 1.29 is 23.8 Å². The molecule has 1 heterocycles. The van der Waals surface area contributed by atoms with Crippen LogP contribution in [0.4, 0.5) is 10.1 Å². The lowest BCUT2D eigenvalue weighted by molar-refractivity contribution is -0.150. The highest BCUT2D eigenvalue weighted by atomic mass is 79.9. The molecular formula is C12H11BrFNO4. The molecule has 5 nitrogen and oxygen atoms in total. The molecule has 0 saturated carbocycles. The van der Waals surface area contributed by atoms with Crippen LogP contribution in [-0.2, 0) is 14.3 Å². The van der Waals surface area contributed by atoms with Gasteiger partial charge in [-0.3, -0.25) is 4.79 Å². The number of carbonyl (C=O) groups is 2. The zero-order chi connectivity index (χ0) is 14.0. The minimum absolute atomic E-state index is 0.285. The first-order valence-electron chi connectivity index (χ1n) is 5.61. The Balaban J connectivity index is 2.02. The van der Waals surface area contributed by atoms with Gasteiger partial charge in [0.15, 0.2) is 6.10 Å². The van der Waals surface area contributed by atoms with Gasteiger partial charge >= 0.3 is 5.97 Å². The Morgan fingerprint density at radius 2 is 2.05 bits per heavy atom. The highest BCUT2D eigenvalue weighted by molar-refractivity contribution is 9.10. The average molecular weight is 332 g/mol. The van der Waals surface area contributed by atoms with Crippen LogP contribution in [0, 0.1) is 5.82 Å². The van der Waals surface area contributed by atoms with Crippen molar-refractivity contribution in [2.75, 3.05) is 5.32 Å². The van der Waals surface area contributed by atoms with Crippen molar-refractivity contribution >= 4 is 33.5 Å². The van der Waals surface area contributed by atoms with E-state index in [0.717, 1.165) is 0 Å². The van der Waals surface area contributed by atoms with Gasteiger partial charge < -0.3 is 15.2 Å². The molecule has 1 aliphatic heterocycles. The van der Waals surface area contributed by atoms with Crippen molar-refractivity contribution in [2.45, 2.75) is 25.0 Å². The number of hydrogen-bond acceptors (Lipinski definition) is 3. The fourth-order valence-electron chi connectivity index (χ4n) is 1.82. The number of carboxylic acid groups (broad SMARTS) is 1. The second kappa shape index (κ2) is 5.66. The number of halogens is 2. The van der Waals surface area contributed by atoms with Gasteiger partial charge in [-0.25, -0.2) is 9.18 Å². The number of nitrogens with one attached hydrogen (secondary N) is 1. The molecule has 1 aromatic rings. The molecule has 102 valence electrons. The van der Waals surface area contributed by atoms with E-state index in [1.165, 1.54) is 18.2 Å². The van der Waals surface area contributed by atoms with Crippen molar-refractivity contribution in [3.05, 3.63) is 28.5 Å². The fourth-order valence-corrected chi connectivity index (χ4v) is 2.16. The van der Waals surface area contributed by atoms with Crippen LogP contribution in [0.15, 0.2) is 22.7 Å². The van der Waals surface area contributed by atoms with Crippen molar-refractivity contribution in [3.8, 4) is 0 Å². The van der Waals surface area contributed by atoms with E-state index in [4.69, 9.17) is 9.84 Å². The Morgan fingerprint density at radius 1 is 1.37 bits per heavy atom. The van der Waals surface area contributed by atoms with E-state index in [2.05, 4.69) is 21.2 Å². The molecule has 0 aromatic heterocycles. The zero-order valence-corrected chi connectivity index (χ0v) is 11.3. The Bertz CT molecular complexity index is 522. The zero-order valence-electron chi connectivity index (χ0n) is 9.73. The van der Waals surface area contributed by atoms with E-state index in [1.54, 1.807) is 0 Å². The molecule has 2 rings (SSSR count). The average Bonchev–Trinajstić information content (AvgIpc) is 2.83. The lowest BCUT2D eigenvalue weighted by atomic mass is 10.2. The van der Waals surface area contributed by atoms with Crippen LogP contribution in [-0.4, -0.2) is 29.2 Å². The van der Waals surface area contributed by atoms with Crippen LogP contribution in [0.2, 0.25) is 0 Å². The molecule has 1 saturated heterocycles. The normalized spacial score (nSPS) is 22.2. The van der Waals surface area contributed by atoms with Crippen molar-refractivity contribution in [1.29, 1.82) is 0 Å². The molecule has 0 spiro atoms. The number of rotatable bonds is 3. The number of benzene rings is 1. The number of hydrogen-bond donors (Lipinski definition) is 2. The van der Waals surface area contributed by atoms with Gasteiger partial charge in [0.2, 0.25) is 0 Å². The maximum absolute atomic E-state index is 13.1. The van der Waals surface area contributed by atoms with Gasteiger partial charge in [-0.05, 0) is 47.0 Å². The molecule has 19 heavy (non-hydrogen) atoms. The summed E-state index contributed by atoms with van der Waals surface area (Å²) in [6, 6.07) is 3.90. The smallest absolute Gasteiger partial charge is 0.332 e. The standard InChI is InChI=1S/C12H11BrFNO4/c13-7-2-1-6(14)5-8(7)15-11(16)9-3-4-10(19-9)12(17)18/h1-2,5,9-10H,3-4H2,(H,15,16)(H,17,18). The van der Waals surface area contributed by atoms with Crippen LogP contribution in [0.25, 0.3) is 0 Å². The number of aliphatic carboxylic acids is 1. The van der Waals surface area contributed by atoms with Gasteiger partial charge in [0.25, 0.3) is 5.91 Å². The maximum atomic E-state index is 13.1. The summed E-state index contributed by atoms with van der Waals surface area (Å²) in [6.45, 7) is 0. The summed E-state index contributed by atoms with van der Waals surface area (Å²) in [6.07, 6.45) is -1.16. The SMILES string of the molecule is O=C(O)C1CCC(C(=O)Nc2cc(F)ccc2Br)O1. The predicted molar refractivity (Wildman–Crippen MR) is 68.3 cm³/mol. The monoisotopic (exact) mass is 331 g/mol. The Morgan fingerprint density at radius 3 is 2.68 bits per heavy atom. The van der Waals surface area contributed by atoms with E-state index in [0.29, 0.717) is 10.9 Å². The molecule has 2 atom stereocenters. The second-order valence-electron chi connectivity index (χ2n) is 4.14. The van der Waals surface area contributed by atoms with Crippen molar-refractivity contribution in [3.63, 3.8) is 0 Å². The highest BCUT2D eigenvalue weighted by Gasteiger charge is 2.34. The van der Waals surface area contributed by atoms with Gasteiger partial charge in [-0.1, -0.05) is 0 Å². The summed E-state index contributed by atoms with van der Waals surface area (Å²) in [5.74, 6) is -2.04. The van der Waals surface area contributed by atoms with Crippen molar-refractivity contribution in [2.24, 2.45) is 0 Å². The van der Waals surface area contributed by atoms with E-state index in [-0.39, 0.29) is 12.1 Å². The third-order valence-corrected chi connectivity index (χ3v) is 3.47. The molecule has 0 bridgehead atoms. The summed E-state index contributed by atoms with van der Waals surface area (Å²) in [5.41, 5.74) is 0.285. The number of carbonyl (C=O) groups excluding carboxylic acids is 1. The van der Waals surface area contributed by atoms with Gasteiger partial charge in [-0.15, -0.1) is 0 Å². The number of anilines is 1. The van der Waals surface area contributed by atoms with E-state index in [1.807, 2.05) is 0 Å². The topological polar surface area (TPSA) is 75.6 Å². The molecule has 1 aliphatic rings. The van der Waals surface area contributed by atoms with Crippen LogP contribution >= 0.6 is 15.9 Å². The summed E-state index contributed by atoms with van der Waals surface area (Å²) in [5, 5.41) is 11.3. The Hall–Kier alpha value is -1.47. The Kier molecular flexibility index (Phi) is 4.16. The van der Waals surface area contributed by atoms with Crippen LogP contribution in [0.1, 0.15) is 12.8 Å². The Labute approximate surface area is 116 Å². The summed E-state index contributed by atoms with van der Waals surface area (Å²) >= 11 is 3.19. The first kappa shape index (κ1) is 14.0. The fraction of sp³-hybridized carbons (Fsp3) is 0.333. The van der Waals surface area contributed by atoms with E-state index < -0.39 is 29.9 Å². The molecule has 7 heteroatoms. The van der Waals surface area contributed by atoms with E-state index in [9.17, 15) is 14.0 Å². The number of amides is 1.